The molecule has 0 unspecified atom stereocenters. The largest absolute Gasteiger partial charge is 0.381 e. The number of nitrogens with two attached hydrogens (primary N) is 1. The van der Waals surface area contributed by atoms with Crippen molar-refractivity contribution in [2.75, 3.05) is 19.3 Å². The van der Waals surface area contributed by atoms with E-state index >= 15 is 0 Å². The van der Waals surface area contributed by atoms with E-state index in [-0.39, 0.29) is 0 Å². The number of likely N-dealkylation sites (N-methyl/N-ethyl adjacent to an activating group) is 1. The van der Waals surface area contributed by atoms with Gasteiger partial charge in [0.2, 0.25) is 0 Å². The van der Waals surface area contributed by atoms with Gasteiger partial charge in [-0.2, -0.15) is 5.10 Å². The van der Waals surface area contributed by atoms with Crippen LogP contribution in [0.3, 0.4) is 0 Å². The van der Waals surface area contributed by atoms with Crippen molar-refractivity contribution >= 4 is 21.7 Å². The number of fused-ring (bicyclic) bond motifs is 1. The zero-order valence-electron chi connectivity index (χ0n) is 6.92. The first-order valence-electron chi connectivity index (χ1n) is 3.87. The summed E-state index contributed by atoms with van der Waals surface area (Å²) >= 11 is 3.43. The van der Waals surface area contributed by atoms with Crippen LogP contribution in [0.1, 0.15) is 5.69 Å². The SMILES string of the molecule is CN1CCn2nc(N)c(Br)c2C1. The fraction of sp³-hybridized carbons (Fsp3) is 0.571. The van der Waals surface area contributed by atoms with Gasteiger partial charge in [-0.1, -0.05) is 0 Å². The topological polar surface area (TPSA) is 47.1 Å². The number of nitrogens with zero attached hydrogens (tertiary/aromatic N) is 3. The quantitative estimate of drug-likeness (QED) is 0.713. The highest BCUT2D eigenvalue weighted by atomic mass is 79.9. The Balaban J connectivity index is 2.44. The van der Waals surface area contributed by atoms with E-state index in [0.29, 0.717) is 5.82 Å². The zero-order valence-corrected chi connectivity index (χ0v) is 8.50. The van der Waals surface area contributed by atoms with Gasteiger partial charge in [0.1, 0.15) is 0 Å². The second kappa shape index (κ2) is 2.74. The lowest BCUT2D eigenvalue weighted by molar-refractivity contribution is 0.258. The van der Waals surface area contributed by atoms with Crippen LogP contribution in [-0.2, 0) is 13.1 Å². The number of anilines is 1. The Morgan fingerprint density at radius 3 is 3.00 bits per heavy atom. The normalized spacial score (nSPS) is 17.8. The third-order valence-electron chi connectivity index (χ3n) is 2.13. The molecule has 1 aliphatic rings. The molecule has 0 aromatic carbocycles. The lowest BCUT2D eigenvalue weighted by Gasteiger charge is -2.23. The van der Waals surface area contributed by atoms with Crippen LogP contribution in [0.25, 0.3) is 0 Å². The summed E-state index contributed by atoms with van der Waals surface area (Å²) in [5.41, 5.74) is 6.85. The molecule has 0 atom stereocenters. The second-order valence-electron chi connectivity index (χ2n) is 3.11. The molecule has 2 N–H and O–H groups in total. The van der Waals surface area contributed by atoms with E-state index in [0.717, 1.165) is 24.1 Å². The maximum atomic E-state index is 5.67. The molecule has 2 rings (SSSR count). The summed E-state index contributed by atoms with van der Waals surface area (Å²) in [4.78, 5) is 2.25. The lowest BCUT2D eigenvalue weighted by atomic mass is 10.3. The van der Waals surface area contributed by atoms with Crippen LogP contribution in [0.5, 0.6) is 0 Å². The molecule has 0 bridgehead atoms. The zero-order chi connectivity index (χ0) is 8.72. The molecule has 0 spiro atoms. The van der Waals surface area contributed by atoms with E-state index in [4.69, 9.17) is 5.73 Å². The van der Waals surface area contributed by atoms with Gasteiger partial charge in [0.15, 0.2) is 5.82 Å². The molecule has 1 aromatic heterocycles. The minimum atomic E-state index is 0.598. The molecule has 0 amide bonds. The predicted molar refractivity (Wildman–Crippen MR) is 50.7 cm³/mol. The summed E-state index contributed by atoms with van der Waals surface area (Å²) in [5.74, 6) is 0.598. The first kappa shape index (κ1) is 8.07. The van der Waals surface area contributed by atoms with Crippen molar-refractivity contribution in [3.8, 4) is 0 Å². The van der Waals surface area contributed by atoms with Crippen LogP contribution in [0.2, 0.25) is 0 Å². The number of halogens is 1. The number of aromatic nitrogens is 2. The number of hydrogen-bond donors (Lipinski definition) is 1. The second-order valence-corrected chi connectivity index (χ2v) is 3.90. The van der Waals surface area contributed by atoms with Gasteiger partial charge in [0.25, 0.3) is 0 Å². The van der Waals surface area contributed by atoms with Crippen molar-refractivity contribution < 1.29 is 0 Å². The van der Waals surface area contributed by atoms with Crippen molar-refractivity contribution in [3.05, 3.63) is 10.2 Å². The molecule has 1 aromatic rings. The molecule has 0 saturated carbocycles. The summed E-state index contributed by atoms with van der Waals surface area (Å²) in [6, 6.07) is 0. The Morgan fingerprint density at radius 2 is 2.25 bits per heavy atom. The molecule has 0 saturated heterocycles. The first-order chi connectivity index (χ1) is 5.68. The average Bonchev–Trinajstić information content (AvgIpc) is 2.31. The van der Waals surface area contributed by atoms with E-state index in [9.17, 15) is 0 Å². The number of hydrogen-bond acceptors (Lipinski definition) is 3. The van der Waals surface area contributed by atoms with E-state index in [1.165, 1.54) is 5.69 Å². The fourth-order valence-electron chi connectivity index (χ4n) is 1.43. The molecule has 66 valence electrons. The predicted octanol–water partition coefficient (Wildman–Crippen LogP) is 0.673. The van der Waals surface area contributed by atoms with Crippen molar-refractivity contribution in [2.24, 2.45) is 0 Å². The van der Waals surface area contributed by atoms with E-state index in [1.807, 2.05) is 4.68 Å². The molecule has 4 nitrogen and oxygen atoms in total. The Labute approximate surface area is 79.5 Å². The van der Waals surface area contributed by atoms with Gasteiger partial charge in [-0.05, 0) is 23.0 Å². The van der Waals surface area contributed by atoms with Crippen LogP contribution in [0.15, 0.2) is 4.47 Å². The summed E-state index contributed by atoms with van der Waals surface area (Å²) in [5, 5.41) is 4.21. The first-order valence-corrected chi connectivity index (χ1v) is 4.67. The molecule has 2 heterocycles. The molecule has 0 radical (unpaired) electrons. The highest BCUT2D eigenvalue weighted by molar-refractivity contribution is 9.10. The summed E-state index contributed by atoms with van der Waals surface area (Å²) in [6.07, 6.45) is 0. The highest BCUT2D eigenvalue weighted by Gasteiger charge is 2.19. The standard InChI is InChI=1S/C7H11BrN4/c1-11-2-3-12-5(4-11)6(8)7(9)10-12/h2-4H2,1H3,(H2,9,10). The summed E-state index contributed by atoms with van der Waals surface area (Å²) in [7, 11) is 2.10. The molecule has 12 heavy (non-hydrogen) atoms. The number of nitrogen functional groups attached to an aromatic ring is 1. The van der Waals surface area contributed by atoms with Crippen molar-refractivity contribution in [2.45, 2.75) is 13.1 Å². The molecular weight excluding hydrogens is 220 g/mol. The molecule has 5 heteroatoms. The number of rotatable bonds is 0. The minimum Gasteiger partial charge on any atom is -0.381 e. The maximum absolute atomic E-state index is 5.67. The maximum Gasteiger partial charge on any atom is 0.160 e. The van der Waals surface area contributed by atoms with Gasteiger partial charge in [0, 0.05) is 13.1 Å². The van der Waals surface area contributed by atoms with Crippen LogP contribution >= 0.6 is 15.9 Å². The average molecular weight is 231 g/mol. The van der Waals surface area contributed by atoms with Crippen LogP contribution < -0.4 is 5.73 Å². The van der Waals surface area contributed by atoms with Crippen molar-refractivity contribution in [1.82, 2.24) is 14.7 Å². The van der Waals surface area contributed by atoms with Crippen LogP contribution in [0.4, 0.5) is 5.82 Å². The monoisotopic (exact) mass is 230 g/mol. The van der Waals surface area contributed by atoms with Crippen molar-refractivity contribution in [1.29, 1.82) is 0 Å². The Bertz CT molecular complexity index is 307. The van der Waals surface area contributed by atoms with Gasteiger partial charge in [-0.15, -0.1) is 0 Å². The van der Waals surface area contributed by atoms with Gasteiger partial charge < -0.3 is 5.73 Å². The summed E-state index contributed by atoms with van der Waals surface area (Å²) < 4.78 is 2.92. The Hall–Kier alpha value is -0.550. The lowest BCUT2D eigenvalue weighted by Crippen LogP contribution is -2.30. The van der Waals surface area contributed by atoms with Gasteiger partial charge >= 0.3 is 0 Å². The molecule has 0 aliphatic carbocycles. The van der Waals surface area contributed by atoms with Gasteiger partial charge in [-0.25, -0.2) is 0 Å². The van der Waals surface area contributed by atoms with Crippen LogP contribution in [-0.4, -0.2) is 28.3 Å². The van der Waals surface area contributed by atoms with E-state index in [1.54, 1.807) is 0 Å². The van der Waals surface area contributed by atoms with Gasteiger partial charge in [0.05, 0.1) is 16.7 Å². The van der Waals surface area contributed by atoms with Crippen molar-refractivity contribution in [3.63, 3.8) is 0 Å². The smallest absolute Gasteiger partial charge is 0.160 e. The van der Waals surface area contributed by atoms with Gasteiger partial charge in [-0.3, -0.25) is 9.58 Å². The molecule has 0 fully saturated rings. The molecule has 1 aliphatic heterocycles. The molecular formula is C7H11BrN4. The third kappa shape index (κ3) is 1.13. The van der Waals surface area contributed by atoms with Crippen LogP contribution in [0, 0.1) is 0 Å². The van der Waals surface area contributed by atoms with E-state index in [2.05, 4.69) is 33.0 Å². The Kier molecular flexibility index (Phi) is 1.84. The Morgan fingerprint density at radius 1 is 1.50 bits per heavy atom. The minimum absolute atomic E-state index is 0.598. The third-order valence-corrected chi connectivity index (χ3v) is 3.00. The summed E-state index contributed by atoms with van der Waals surface area (Å²) in [6.45, 7) is 2.90. The van der Waals surface area contributed by atoms with E-state index < -0.39 is 0 Å². The highest BCUT2D eigenvalue weighted by Crippen LogP contribution is 2.26. The fourth-order valence-corrected chi connectivity index (χ4v) is 1.84.